The third-order valence-corrected chi connectivity index (χ3v) is 3.40. The fraction of sp³-hybridized carbons (Fsp3) is 0.250. The molecule has 0 aliphatic heterocycles. The van der Waals surface area contributed by atoms with Crippen LogP contribution in [0.5, 0.6) is 11.5 Å². The van der Waals surface area contributed by atoms with E-state index in [-0.39, 0.29) is 6.10 Å². The van der Waals surface area contributed by atoms with E-state index in [4.69, 9.17) is 9.47 Å². The second kappa shape index (κ2) is 10.1. The molecule has 0 saturated heterocycles. The van der Waals surface area contributed by atoms with Gasteiger partial charge >= 0.3 is 0 Å². The van der Waals surface area contributed by atoms with E-state index in [1.807, 2.05) is 13.8 Å². The molecule has 2 rings (SSSR count). The van der Waals surface area contributed by atoms with E-state index in [1.54, 1.807) is 18.2 Å². The summed E-state index contributed by atoms with van der Waals surface area (Å²) in [5.41, 5.74) is 3.36. The zero-order valence-electron chi connectivity index (χ0n) is 15.9. The van der Waals surface area contributed by atoms with Gasteiger partial charge in [-0.25, -0.2) is 9.82 Å². The van der Waals surface area contributed by atoms with Crippen LogP contribution < -0.4 is 20.2 Å². The van der Waals surface area contributed by atoms with Crippen LogP contribution in [-0.4, -0.2) is 31.2 Å². The minimum atomic E-state index is -0.581. The van der Waals surface area contributed by atoms with Crippen molar-refractivity contribution in [3.8, 4) is 11.5 Å². The molecule has 2 N–H and O–H groups in total. The molecule has 0 aliphatic rings. The number of rotatable bonds is 8. The van der Waals surface area contributed by atoms with Crippen LogP contribution in [0.1, 0.15) is 25.8 Å². The summed E-state index contributed by atoms with van der Waals surface area (Å²) in [6, 6.07) is 10.5. The molecular formula is C20H22FN3O4. The highest BCUT2D eigenvalue weighted by molar-refractivity contribution is 6.03. The van der Waals surface area contributed by atoms with Gasteiger partial charge in [-0.15, -0.1) is 0 Å². The molecule has 2 aromatic rings. The van der Waals surface area contributed by atoms with Gasteiger partial charge in [-0.05, 0) is 61.9 Å². The predicted molar refractivity (Wildman–Crippen MR) is 104 cm³/mol. The zero-order chi connectivity index (χ0) is 20.5. The van der Waals surface area contributed by atoms with Crippen molar-refractivity contribution in [2.45, 2.75) is 26.4 Å². The second-order valence-electron chi connectivity index (χ2n) is 6.10. The highest BCUT2D eigenvalue weighted by atomic mass is 19.1. The van der Waals surface area contributed by atoms with Crippen molar-refractivity contribution in [2.75, 3.05) is 12.4 Å². The van der Waals surface area contributed by atoms with Crippen LogP contribution in [0.2, 0.25) is 0 Å². The van der Waals surface area contributed by atoms with Crippen molar-refractivity contribution < 1.29 is 23.5 Å². The largest absolute Gasteiger partial charge is 0.493 e. The molecule has 0 bridgehead atoms. The van der Waals surface area contributed by atoms with Crippen molar-refractivity contribution in [3.05, 3.63) is 53.8 Å². The lowest BCUT2D eigenvalue weighted by Gasteiger charge is -2.13. The highest BCUT2D eigenvalue weighted by Gasteiger charge is 2.10. The van der Waals surface area contributed by atoms with E-state index >= 15 is 0 Å². The first kappa shape index (κ1) is 20.9. The summed E-state index contributed by atoms with van der Waals surface area (Å²) < 4.78 is 23.7. The van der Waals surface area contributed by atoms with E-state index in [1.165, 1.54) is 37.6 Å². The van der Waals surface area contributed by atoms with E-state index < -0.39 is 24.1 Å². The monoisotopic (exact) mass is 387 g/mol. The van der Waals surface area contributed by atoms with Crippen LogP contribution in [0.25, 0.3) is 0 Å². The highest BCUT2D eigenvalue weighted by Crippen LogP contribution is 2.28. The average Bonchev–Trinajstić information content (AvgIpc) is 2.64. The zero-order valence-corrected chi connectivity index (χ0v) is 15.9. The Kier molecular flexibility index (Phi) is 7.50. The van der Waals surface area contributed by atoms with Gasteiger partial charge in [-0.2, -0.15) is 5.10 Å². The van der Waals surface area contributed by atoms with Gasteiger partial charge in [0, 0.05) is 5.69 Å². The molecule has 0 fully saturated rings. The van der Waals surface area contributed by atoms with E-state index in [9.17, 15) is 14.0 Å². The molecular weight excluding hydrogens is 365 g/mol. The molecule has 0 aromatic heterocycles. The number of carbonyl (C=O) groups is 2. The summed E-state index contributed by atoms with van der Waals surface area (Å²) in [4.78, 5) is 23.6. The molecule has 7 nitrogen and oxygen atoms in total. The Bertz CT molecular complexity index is 851. The third kappa shape index (κ3) is 6.71. The number of hydrogen-bond donors (Lipinski definition) is 2. The Morgan fingerprint density at radius 1 is 1.11 bits per heavy atom. The van der Waals surface area contributed by atoms with Gasteiger partial charge in [0.05, 0.1) is 19.4 Å². The van der Waals surface area contributed by atoms with Crippen LogP contribution in [0, 0.1) is 5.82 Å². The Morgan fingerprint density at radius 3 is 2.46 bits per heavy atom. The van der Waals surface area contributed by atoms with Gasteiger partial charge in [-0.1, -0.05) is 0 Å². The number of halogens is 1. The van der Waals surface area contributed by atoms with E-state index in [0.29, 0.717) is 22.7 Å². The van der Waals surface area contributed by atoms with Gasteiger partial charge in [0.15, 0.2) is 11.5 Å². The first-order valence-corrected chi connectivity index (χ1v) is 8.59. The molecule has 2 aromatic carbocycles. The van der Waals surface area contributed by atoms with E-state index in [2.05, 4.69) is 15.8 Å². The maximum atomic E-state index is 12.8. The third-order valence-electron chi connectivity index (χ3n) is 3.40. The Labute approximate surface area is 162 Å². The van der Waals surface area contributed by atoms with Crippen molar-refractivity contribution >= 4 is 23.7 Å². The number of methoxy groups -OCH3 is 1. The lowest BCUT2D eigenvalue weighted by Crippen LogP contribution is -2.24. The van der Waals surface area contributed by atoms with Crippen LogP contribution in [0.15, 0.2) is 47.6 Å². The lowest BCUT2D eigenvalue weighted by atomic mass is 10.2. The Hall–Kier alpha value is -3.42. The van der Waals surface area contributed by atoms with Crippen molar-refractivity contribution in [1.82, 2.24) is 5.43 Å². The average molecular weight is 387 g/mol. The number of carbonyl (C=O) groups excluding carboxylic acids is 2. The molecule has 28 heavy (non-hydrogen) atoms. The van der Waals surface area contributed by atoms with Crippen LogP contribution in [0.3, 0.4) is 0 Å². The number of benzene rings is 2. The summed E-state index contributed by atoms with van der Waals surface area (Å²) in [6.45, 7) is 3.83. The first-order chi connectivity index (χ1) is 13.4. The van der Waals surface area contributed by atoms with Gasteiger partial charge < -0.3 is 14.8 Å². The minimum absolute atomic E-state index is 0.00811. The summed E-state index contributed by atoms with van der Waals surface area (Å²) in [7, 11) is 1.53. The summed E-state index contributed by atoms with van der Waals surface area (Å²) in [5, 5.41) is 6.32. The van der Waals surface area contributed by atoms with Crippen LogP contribution in [-0.2, 0) is 9.59 Å². The number of anilines is 1. The summed E-state index contributed by atoms with van der Waals surface area (Å²) >= 11 is 0. The van der Waals surface area contributed by atoms with E-state index in [0.717, 1.165) is 0 Å². The van der Waals surface area contributed by atoms with Gasteiger partial charge in [0.2, 0.25) is 11.8 Å². The molecule has 0 aliphatic carbocycles. The first-order valence-electron chi connectivity index (χ1n) is 8.59. The molecule has 0 spiro atoms. The fourth-order valence-electron chi connectivity index (χ4n) is 2.22. The molecule has 2 amide bonds. The maximum absolute atomic E-state index is 12.8. The predicted octanol–water partition coefficient (Wildman–Crippen LogP) is 3.10. The van der Waals surface area contributed by atoms with Crippen molar-refractivity contribution in [1.29, 1.82) is 0 Å². The lowest BCUT2D eigenvalue weighted by molar-refractivity contribution is -0.126. The van der Waals surface area contributed by atoms with Crippen LogP contribution >= 0.6 is 0 Å². The molecule has 0 saturated carbocycles. The minimum Gasteiger partial charge on any atom is -0.493 e. The number of nitrogens with one attached hydrogen (secondary N) is 2. The SMILES string of the molecule is COc1cc(C=NNC(=O)CC(=O)Nc2ccc(F)cc2)ccc1OC(C)C. The number of hydrogen-bond acceptors (Lipinski definition) is 5. The summed E-state index contributed by atoms with van der Waals surface area (Å²) in [6.07, 6.45) is 1.02. The molecule has 0 heterocycles. The number of amides is 2. The molecule has 0 atom stereocenters. The molecule has 0 radical (unpaired) electrons. The van der Waals surface area contributed by atoms with Gasteiger partial charge in [0.1, 0.15) is 12.2 Å². The Balaban J connectivity index is 1.86. The standard InChI is InChI=1S/C20H22FN3O4/c1-13(2)28-17-9-4-14(10-18(17)27-3)12-22-24-20(26)11-19(25)23-16-7-5-15(21)6-8-16/h4-10,12-13H,11H2,1-3H3,(H,23,25)(H,24,26). The Morgan fingerprint density at radius 2 is 1.82 bits per heavy atom. The van der Waals surface area contributed by atoms with Gasteiger partial charge in [-0.3, -0.25) is 9.59 Å². The smallest absolute Gasteiger partial charge is 0.249 e. The number of nitrogens with zero attached hydrogens (tertiary/aromatic N) is 1. The van der Waals surface area contributed by atoms with Crippen molar-refractivity contribution in [2.24, 2.45) is 5.10 Å². The summed E-state index contributed by atoms with van der Waals surface area (Å²) in [5.74, 6) is -0.372. The molecule has 8 heteroatoms. The second-order valence-corrected chi connectivity index (χ2v) is 6.10. The number of hydrazone groups is 1. The van der Waals surface area contributed by atoms with Crippen LogP contribution in [0.4, 0.5) is 10.1 Å². The fourth-order valence-corrected chi connectivity index (χ4v) is 2.22. The quantitative estimate of drug-likeness (QED) is 0.414. The van der Waals surface area contributed by atoms with Crippen molar-refractivity contribution in [3.63, 3.8) is 0 Å². The molecule has 0 unspecified atom stereocenters. The maximum Gasteiger partial charge on any atom is 0.249 e. The normalized spacial score (nSPS) is 10.8. The topological polar surface area (TPSA) is 89.0 Å². The van der Waals surface area contributed by atoms with Gasteiger partial charge in [0.25, 0.3) is 0 Å². The molecule has 148 valence electrons. The number of ether oxygens (including phenoxy) is 2.